The molecule has 0 saturated carbocycles. The van der Waals surface area contributed by atoms with E-state index in [4.69, 9.17) is 9.97 Å². The van der Waals surface area contributed by atoms with Crippen LogP contribution in [0.2, 0.25) is 0 Å². The Morgan fingerprint density at radius 3 is 1.68 bits per heavy atom. The Bertz CT molecular complexity index is 2680. The van der Waals surface area contributed by atoms with Crippen LogP contribution in [0.15, 0.2) is 164 Å². The minimum absolute atomic E-state index is 0.703. The van der Waals surface area contributed by atoms with E-state index in [1.165, 1.54) is 55.3 Å². The molecule has 3 aromatic heterocycles. The highest BCUT2D eigenvalue weighted by molar-refractivity contribution is 6.10. The second-order valence-electron chi connectivity index (χ2n) is 13.0. The molecule has 0 bridgehead atoms. The van der Waals surface area contributed by atoms with Gasteiger partial charge < -0.3 is 4.57 Å². The number of nitrogens with zero attached hydrogens (tertiary/aromatic N) is 4. The Morgan fingerprint density at radius 2 is 1.00 bits per heavy atom. The van der Waals surface area contributed by atoms with Gasteiger partial charge in [-0.3, -0.25) is 4.57 Å². The monoisotopic (exact) mass is 640 g/mol. The Kier molecular flexibility index (Phi) is 6.59. The average Bonchev–Trinajstić information content (AvgIpc) is 3.71. The van der Waals surface area contributed by atoms with E-state index in [0.29, 0.717) is 5.95 Å². The average molecular weight is 641 g/mol. The van der Waals surface area contributed by atoms with Gasteiger partial charge in [0.25, 0.3) is 0 Å². The summed E-state index contributed by atoms with van der Waals surface area (Å²) < 4.78 is 4.67. The standard InChI is InChI=1S/C46H32N4/c1-4-14-31(15-5-1)40-30-41(32-16-6-2-7-17-32)48-46(47-40)50-43-23-13-11-21-37(43)39-29-34(25-27-45(39)50)33-24-26-44-38(28-33)36-20-10-12-22-42(36)49(44)35-18-8-3-9-19-35/h1-12,14-22,24-30H,13,23H2. The summed E-state index contributed by atoms with van der Waals surface area (Å²) in [7, 11) is 0. The molecule has 0 saturated heterocycles. The third-order valence-electron chi connectivity index (χ3n) is 10.0. The molecule has 0 radical (unpaired) electrons. The number of para-hydroxylation sites is 2. The summed E-state index contributed by atoms with van der Waals surface area (Å²) in [5, 5.41) is 3.72. The number of benzene rings is 6. The molecule has 3 heterocycles. The summed E-state index contributed by atoms with van der Waals surface area (Å²) in [5.74, 6) is 0.703. The molecule has 6 aromatic carbocycles. The van der Waals surface area contributed by atoms with Crippen molar-refractivity contribution in [3.8, 4) is 45.3 Å². The van der Waals surface area contributed by atoms with Crippen molar-refractivity contribution in [3.05, 3.63) is 175 Å². The van der Waals surface area contributed by atoms with Gasteiger partial charge in [0.2, 0.25) is 5.95 Å². The molecule has 0 amide bonds. The van der Waals surface area contributed by atoms with Crippen LogP contribution in [-0.2, 0) is 6.42 Å². The normalized spacial score (nSPS) is 12.6. The molecule has 0 fully saturated rings. The van der Waals surface area contributed by atoms with E-state index in [2.05, 4.69) is 167 Å². The van der Waals surface area contributed by atoms with Gasteiger partial charge in [-0.05, 0) is 72.5 Å². The minimum atomic E-state index is 0.703. The molecule has 0 atom stereocenters. The smallest absolute Gasteiger partial charge is 0.235 e. The molecule has 1 aliphatic rings. The van der Waals surface area contributed by atoms with Crippen molar-refractivity contribution in [1.29, 1.82) is 0 Å². The molecular weight excluding hydrogens is 609 g/mol. The second-order valence-corrected chi connectivity index (χ2v) is 13.0. The van der Waals surface area contributed by atoms with Crippen molar-refractivity contribution in [3.63, 3.8) is 0 Å². The van der Waals surface area contributed by atoms with E-state index in [0.717, 1.165) is 40.9 Å². The van der Waals surface area contributed by atoms with Crippen molar-refractivity contribution >= 4 is 38.8 Å². The van der Waals surface area contributed by atoms with E-state index in [-0.39, 0.29) is 0 Å². The predicted molar refractivity (Wildman–Crippen MR) is 207 cm³/mol. The van der Waals surface area contributed by atoms with Gasteiger partial charge in [0.15, 0.2) is 0 Å². The highest BCUT2D eigenvalue weighted by Gasteiger charge is 2.22. The Balaban J connectivity index is 1.16. The van der Waals surface area contributed by atoms with Gasteiger partial charge in [0, 0.05) is 44.2 Å². The molecule has 50 heavy (non-hydrogen) atoms. The van der Waals surface area contributed by atoms with Gasteiger partial charge >= 0.3 is 0 Å². The second kappa shape index (κ2) is 11.6. The van der Waals surface area contributed by atoms with Crippen LogP contribution in [0.5, 0.6) is 0 Å². The van der Waals surface area contributed by atoms with Crippen LogP contribution in [0.25, 0.3) is 84.1 Å². The molecule has 4 heteroatoms. The fourth-order valence-electron chi connectivity index (χ4n) is 7.69. The number of fused-ring (bicyclic) bond motifs is 6. The lowest BCUT2D eigenvalue weighted by atomic mass is 9.98. The first kappa shape index (κ1) is 28.5. The van der Waals surface area contributed by atoms with Crippen LogP contribution < -0.4 is 0 Å². The highest BCUT2D eigenvalue weighted by Crippen LogP contribution is 2.39. The zero-order chi connectivity index (χ0) is 33.0. The lowest BCUT2D eigenvalue weighted by Gasteiger charge is -2.14. The first-order valence-corrected chi connectivity index (χ1v) is 17.2. The minimum Gasteiger partial charge on any atom is -0.309 e. The molecule has 4 nitrogen and oxygen atoms in total. The van der Waals surface area contributed by atoms with Gasteiger partial charge in [0.05, 0.1) is 27.9 Å². The first-order valence-electron chi connectivity index (χ1n) is 17.2. The van der Waals surface area contributed by atoms with Crippen LogP contribution in [0.3, 0.4) is 0 Å². The summed E-state index contributed by atoms with van der Waals surface area (Å²) in [6.45, 7) is 0. The SMILES string of the molecule is C1=Cc2c(n(-c3nc(-c4ccccc4)cc(-c4ccccc4)n3)c3ccc(-c4ccc5c(c4)c4ccccc4n5-c4ccccc4)cc23)CC1. The fourth-order valence-corrected chi connectivity index (χ4v) is 7.69. The zero-order valence-electron chi connectivity index (χ0n) is 27.4. The number of hydrogen-bond acceptors (Lipinski definition) is 2. The van der Waals surface area contributed by atoms with E-state index in [9.17, 15) is 0 Å². The van der Waals surface area contributed by atoms with Crippen molar-refractivity contribution in [1.82, 2.24) is 19.1 Å². The third-order valence-corrected chi connectivity index (χ3v) is 10.0. The topological polar surface area (TPSA) is 35.6 Å². The maximum absolute atomic E-state index is 5.23. The molecule has 0 N–H and O–H groups in total. The summed E-state index contributed by atoms with van der Waals surface area (Å²) in [6, 6.07) is 56.0. The van der Waals surface area contributed by atoms with E-state index in [1.54, 1.807) is 0 Å². The number of rotatable bonds is 5. The van der Waals surface area contributed by atoms with Crippen molar-refractivity contribution < 1.29 is 0 Å². The largest absolute Gasteiger partial charge is 0.309 e. The maximum Gasteiger partial charge on any atom is 0.235 e. The van der Waals surface area contributed by atoms with Crippen LogP contribution in [0.1, 0.15) is 17.7 Å². The fraction of sp³-hybridized carbons (Fsp3) is 0.0435. The molecule has 0 spiro atoms. The lowest BCUT2D eigenvalue weighted by Crippen LogP contribution is -2.08. The quantitative estimate of drug-likeness (QED) is 0.188. The third kappa shape index (κ3) is 4.61. The van der Waals surface area contributed by atoms with Crippen LogP contribution >= 0.6 is 0 Å². The van der Waals surface area contributed by atoms with Crippen LogP contribution in [-0.4, -0.2) is 19.1 Å². The van der Waals surface area contributed by atoms with Gasteiger partial charge in [-0.25, -0.2) is 9.97 Å². The molecule has 9 aromatic rings. The predicted octanol–water partition coefficient (Wildman–Crippen LogP) is 11.5. The van der Waals surface area contributed by atoms with Gasteiger partial charge in [-0.1, -0.05) is 121 Å². The van der Waals surface area contributed by atoms with Gasteiger partial charge in [-0.2, -0.15) is 0 Å². The molecule has 0 aliphatic heterocycles. The van der Waals surface area contributed by atoms with Crippen LogP contribution in [0.4, 0.5) is 0 Å². The van der Waals surface area contributed by atoms with Crippen molar-refractivity contribution in [2.75, 3.05) is 0 Å². The maximum atomic E-state index is 5.23. The number of allylic oxidation sites excluding steroid dienone is 1. The molecule has 1 aliphatic carbocycles. The summed E-state index contributed by atoms with van der Waals surface area (Å²) in [5.41, 5.74) is 13.6. The lowest BCUT2D eigenvalue weighted by molar-refractivity contribution is 0.848. The Hall–Kier alpha value is -6.52. The highest BCUT2D eigenvalue weighted by atomic mass is 15.2. The van der Waals surface area contributed by atoms with E-state index in [1.807, 2.05) is 12.1 Å². The van der Waals surface area contributed by atoms with E-state index < -0.39 is 0 Å². The first-order chi connectivity index (χ1) is 24.8. The van der Waals surface area contributed by atoms with Gasteiger partial charge in [0.1, 0.15) is 0 Å². The molecule has 0 unspecified atom stereocenters. The molecular formula is C46H32N4. The van der Waals surface area contributed by atoms with Crippen molar-refractivity contribution in [2.24, 2.45) is 0 Å². The summed E-state index contributed by atoms with van der Waals surface area (Å²) >= 11 is 0. The van der Waals surface area contributed by atoms with Gasteiger partial charge in [-0.15, -0.1) is 0 Å². The molecule has 10 rings (SSSR count). The van der Waals surface area contributed by atoms with Crippen molar-refractivity contribution in [2.45, 2.75) is 12.8 Å². The number of hydrogen-bond donors (Lipinski definition) is 0. The Labute approximate surface area is 290 Å². The number of aromatic nitrogens is 4. The van der Waals surface area contributed by atoms with E-state index >= 15 is 0 Å². The Morgan fingerprint density at radius 1 is 0.440 bits per heavy atom. The molecule has 236 valence electrons. The zero-order valence-corrected chi connectivity index (χ0v) is 27.4. The summed E-state index contributed by atoms with van der Waals surface area (Å²) in [4.78, 5) is 10.5. The summed E-state index contributed by atoms with van der Waals surface area (Å²) in [6.07, 6.45) is 6.50. The van der Waals surface area contributed by atoms with Crippen LogP contribution in [0, 0.1) is 0 Å².